The number of thioether (sulfide) groups is 1. The van der Waals surface area contributed by atoms with Gasteiger partial charge in [-0.3, -0.25) is 9.36 Å². The molecule has 0 saturated carbocycles. The predicted octanol–water partition coefficient (Wildman–Crippen LogP) is 3.61. The average Bonchev–Trinajstić information content (AvgIpc) is 2.98. The maximum atomic E-state index is 13.4. The molecule has 9 heteroatoms. The molecule has 0 amide bonds. The molecule has 0 spiro atoms. The van der Waals surface area contributed by atoms with Crippen molar-refractivity contribution in [2.45, 2.75) is 58.2 Å². The van der Waals surface area contributed by atoms with Gasteiger partial charge in [0.15, 0.2) is 5.16 Å². The SMILES string of the molecule is CC(C)Cn1c(SCCCS(=O)(=O)N(C)C)nc2sc3c(c2c1=O)CCC(C)C3. The van der Waals surface area contributed by atoms with Crippen LogP contribution in [-0.4, -0.2) is 47.9 Å². The van der Waals surface area contributed by atoms with Gasteiger partial charge < -0.3 is 0 Å². The summed E-state index contributed by atoms with van der Waals surface area (Å²) in [5.41, 5.74) is 1.28. The van der Waals surface area contributed by atoms with E-state index in [9.17, 15) is 13.2 Å². The Labute approximate surface area is 181 Å². The van der Waals surface area contributed by atoms with Crippen LogP contribution in [0.2, 0.25) is 0 Å². The third kappa shape index (κ3) is 5.06. The lowest BCUT2D eigenvalue weighted by atomic mass is 9.89. The largest absolute Gasteiger partial charge is 0.287 e. The van der Waals surface area contributed by atoms with Crippen molar-refractivity contribution in [1.29, 1.82) is 0 Å². The highest BCUT2D eigenvalue weighted by molar-refractivity contribution is 7.99. The van der Waals surface area contributed by atoms with Gasteiger partial charge in [0.05, 0.1) is 11.1 Å². The zero-order valence-corrected chi connectivity index (χ0v) is 20.3. The highest BCUT2D eigenvalue weighted by Crippen LogP contribution is 2.36. The van der Waals surface area contributed by atoms with Crippen molar-refractivity contribution in [3.05, 3.63) is 20.8 Å². The first-order chi connectivity index (χ1) is 13.6. The number of fused-ring (bicyclic) bond motifs is 3. The van der Waals surface area contributed by atoms with Crippen molar-refractivity contribution in [3.63, 3.8) is 0 Å². The minimum absolute atomic E-state index is 0.0687. The van der Waals surface area contributed by atoms with Crippen LogP contribution < -0.4 is 5.56 Å². The Hall–Kier alpha value is -0.900. The number of aryl methyl sites for hydroxylation is 1. The van der Waals surface area contributed by atoms with Gasteiger partial charge in [-0.25, -0.2) is 17.7 Å². The lowest BCUT2D eigenvalue weighted by Gasteiger charge is -2.18. The third-order valence-electron chi connectivity index (χ3n) is 5.26. The van der Waals surface area contributed by atoms with Gasteiger partial charge in [-0.15, -0.1) is 11.3 Å². The molecule has 1 aliphatic rings. The van der Waals surface area contributed by atoms with E-state index in [1.165, 1.54) is 26.5 Å². The van der Waals surface area contributed by atoms with E-state index in [2.05, 4.69) is 20.8 Å². The molecule has 162 valence electrons. The number of sulfonamides is 1. The van der Waals surface area contributed by atoms with E-state index >= 15 is 0 Å². The van der Waals surface area contributed by atoms with E-state index in [0.29, 0.717) is 35.7 Å². The fraction of sp³-hybridized carbons (Fsp3) is 0.700. The lowest BCUT2D eigenvalue weighted by Crippen LogP contribution is -2.26. The second-order valence-corrected chi connectivity index (χ2v) is 13.0. The lowest BCUT2D eigenvalue weighted by molar-refractivity contribution is 0.474. The molecule has 2 aromatic heterocycles. The van der Waals surface area contributed by atoms with Crippen LogP contribution in [0.25, 0.3) is 10.2 Å². The molecule has 1 aliphatic carbocycles. The Morgan fingerprint density at radius 2 is 2.07 bits per heavy atom. The van der Waals surface area contributed by atoms with Crippen LogP contribution in [-0.2, 0) is 29.4 Å². The van der Waals surface area contributed by atoms with E-state index in [1.807, 2.05) is 4.57 Å². The highest BCUT2D eigenvalue weighted by Gasteiger charge is 2.25. The van der Waals surface area contributed by atoms with E-state index in [1.54, 1.807) is 25.4 Å². The van der Waals surface area contributed by atoms with Crippen molar-refractivity contribution in [1.82, 2.24) is 13.9 Å². The Balaban J connectivity index is 1.90. The van der Waals surface area contributed by atoms with Crippen LogP contribution in [0.1, 0.15) is 44.1 Å². The Morgan fingerprint density at radius 3 is 2.72 bits per heavy atom. The predicted molar refractivity (Wildman–Crippen MR) is 123 cm³/mol. The molecule has 6 nitrogen and oxygen atoms in total. The quantitative estimate of drug-likeness (QED) is 0.344. The van der Waals surface area contributed by atoms with Gasteiger partial charge in [0.1, 0.15) is 4.83 Å². The zero-order chi connectivity index (χ0) is 21.3. The molecule has 1 atom stereocenters. The summed E-state index contributed by atoms with van der Waals surface area (Å²) in [7, 11) is -0.0923. The molecule has 0 aliphatic heterocycles. The molecule has 0 fully saturated rings. The van der Waals surface area contributed by atoms with Crippen molar-refractivity contribution in [3.8, 4) is 0 Å². The Morgan fingerprint density at radius 1 is 1.34 bits per heavy atom. The molecule has 0 N–H and O–H groups in total. The van der Waals surface area contributed by atoms with Gasteiger partial charge in [-0.1, -0.05) is 32.5 Å². The van der Waals surface area contributed by atoms with Gasteiger partial charge in [0, 0.05) is 31.3 Å². The van der Waals surface area contributed by atoms with Gasteiger partial charge >= 0.3 is 0 Å². The van der Waals surface area contributed by atoms with E-state index in [-0.39, 0.29) is 11.3 Å². The highest BCUT2D eigenvalue weighted by atomic mass is 32.2. The smallest absolute Gasteiger partial charge is 0.263 e. The molecule has 0 radical (unpaired) electrons. The van der Waals surface area contributed by atoms with Crippen LogP contribution in [0.3, 0.4) is 0 Å². The normalized spacial score (nSPS) is 17.4. The summed E-state index contributed by atoms with van der Waals surface area (Å²) in [6, 6.07) is 0. The average molecular weight is 458 g/mol. The maximum absolute atomic E-state index is 13.4. The second-order valence-electron chi connectivity index (χ2n) is 8.54. The number of hydrogen-bond donors (Lipinski definition) is 0. The van der Waals surface area contributed by atoms with Crippen LogP contribution in [0, 0.1) is 11.8 Å². The summed E-state index contributed by atoms with van der Waals surface area (Å²) in [4.78, 5) is 20.4. The minimum atomic E-state index is -3.20. The van der Waals surface area contributed by atoms with Crippen molar-refractivity contribution >= 4 is 43.3 Å². The second kappa shape index (κ2) is 9.08. The molecular weight excluding hydrogens is 426 g/mol. The number of hydrogen-bond acceptors (Lipinski definition) is 6. The molecule has 0 saturated heterocycles. The first-order valence-corrected chi connectivity index (χ1v) is 13.6. The van der Waals surface area contributed by atoms with E-state index in [4.69, 9.17) is 4.98 Å². The number of rotatable bonds is 8. The topological polar surface area (TPSA) is 72.3 Å². The van der Waals surface area contributed by atoms with Gasteiger partial charge in [0.2, 0.25) is 10.0 Å². The standard InChI is InChI=1S/C20H31N3O3S3/c1-13(2)12-23-19(24)17-15-8-7-14(3)11-16(15)28-18(17)21-20(23)27-9-6-10-29(25,26)22(4)5/h13-14H,6-12H2,1-5H3. The fourth-order valence-electron chi connectivity index (χ4n) is 3.63. The van der Waals surface area contributed by atoms with Gasteiger partial charge in [-0.2, -0.15) is 0 Å². The number of thiophene rings is 1. The molecule has 0 aromatic carbocycles. The summed E-state index contributed by atoms with van der Waals surface area (Å²) >= 11 is 3.16. The Bertz CT molecular complexity index is 1040. The molecule has 1 unspecified atom stereocenters. The van der Waals surface area contributed by atoms with Crippen molar-refractivity contribution < 1.29 is 8.42 Å². The maximum Gasteiger partial charge on any atom is 0.263 e. The summed E-state index contributed by atoms with van der Waals surface area (Å²) in [5, 5.41) is 1.53. The van der Waals surface area contributed by atoms with Crippen LogP contribution in [0.4, 0.5) is 0 Å². The number of aromatic nitrogens is 2. The van der Waals surface area contributed by atoms with Crippen LogP contribution in [0.5, 0.6) is 0 Å². The van der Waals surface area contributed by atoms with Crippen LogP contribution in [0.15, 0.2) is 9.95 Å². The first kappa shape index (κ1) is 22.8. The summed E-state index contributed by atoms with van der Waals surface area (Å²) in [5.74, 6) is 1.70. The molecule has 2 heterocycles. The van der Waals surface area contributed by atoms with Crippen molar-refractivity contribution in [2.75, 3.05) is 25.6 Å². The molecule has 2 aromatic rings. The minimum Gasteiger partial charge on any atom is -0.287 e. The third-order valence-corrected chi connectivity index (χ3v) is 9.39. The Kier molecular flexibility index (Phi) is 7.13. The van der Waals surface area contributed by atoms with Crippen LogP contribution >= 0.6 is 23.1 Å². The van der Waals surface area contributed by atoms with Gasteiger partial charge in [-0.05, 0) is 43.1 Å². The molecule has 29 heavy (non-hydrogen) atoms. The zero-order valence-electron chi connectivity index (χ0n) is 17.9. The molecule has 0 bridgehead atoms. The summed E-state index contributed by atoms with van der Waals surface area (Å²) < 4.78 is 27.0. The first-order valence-electron chi connectivity index (χ1n) is 10.2. The fourth-order valence-corrected chi connectivity index (χ4v) is 7.06. The summed E-state index contributed by atoms with van der Waals surface area (Å²) in [6.07, 6.45) is 3.65. The van der Waals surface area contributed by atoms with E-state index < -0.39 is 10.0 Å². The monoisotopic (exact) mass is 457 g/mol. The number of nitrogens with zero attached hydrogens (tertiary/aromatic N) is 3. The molecular formula is C20H31N3O3S3. The summed E-state index contributed by atoms with van der Waals surface area (Å²) in [6.45, 7) is 7.08. The van der Waals surface area contributed by atoms with Gasteiger partial charge in [0.25, 0.3) is 5.56 Å². The van der Waals surface area contributed by atoms with E-state index in [0.717, 1.165) is 29.5 Å². The van der Waals surface area contributed by atoms with Crippen molar-refractivity contribution in [2.24, 2.45) is 11.8 Å². The molecule has 3 rings (SSSR count).